The van der Waals surface area contributed by atoms with Crippen molar-refractivity contribution in [1.29, 1.82) is 0 Å². The molecule has 10 nitrogen and oxygen atoms in total. The van der Waals surface area contributed by atoms with Crippen LogP contribution in [0.15, 0.2) is 59.5 Å². The zero-order valence-electron chi connectivity index (χ0n) is 20.4. The predicted octanol–water partition coefficient (Wildman–Crippen LogP) is 1.74. The van der Waals surface area contributed by atoms with E-state index in [-0.39, 0.29) is 30.3 Å². The van der Waals surface area contributed by atoms with Gasteiger partial charge in [-0.2, -0.15) is 4.31 Å². The number of likely N-dealkylation sites (N-methyl/N-ethyl adjacent to an activating group) is 1. The van der Waals surface area contributed by atoms with Crippen molar-refractivity contribution in [1.82, 2.24) is 9.62 Å². The molecule has 2 heterocycles. The summed E-state index contributed by atoms with van der Waals surface area (Å²) in [6, 6.07) is 14.4. The number of ether oxygens (including phenoxy) is 4. The SMILES string of the molecule is COc1ccc(S(=O)(=O)N(C)C[C@@H](N)[C@H](Cc2ccccc2)NC(=O)OC2CO[C@H]3OCC[C@@H]23)cc1. The highest BCUT2D eigenvalue weighted by atomic mass is 32.2. The summed E-state index contributed by atoms with van der Waals surface area (Å²) in [4.78, 5) is 13.0. The van der Waals surface area contributed by atoms with Crippen LogP contribution in [0.5, 0.6) is 5.75 Å². The minimum Gasteiger partial charge on any atom is -0.497 e. The quantitative estimate of drug-likeness (QED) is 0.486. The average molecular weight is 520 g/mol. The molecule has 1 unspecified atom stereocenters. The number of hydrogen-bond acceptors (Lipinski definition) is 8. The Balaban J connectivity index is 1.43. The van der Waals surface area contributed by atoms with Gasteiger partial charge in [0.05, 0.1) is 37.2 Å². The van der Waals surface area contributed by atoms with Crippen molar-refractivity contribution in [3.8, 4) is 5.75 Å². The maximum Gasteiger partial charge on any atom is 0.407 e. The molecule has 3 N–H and O–H groups in total. The van der Waals surface area contributed by atoms with Crippen LogP contribution in [0.3, 0.4) is 0 Å². The molecule has 2 aromatic carbocycles. The first-order chi connectivity index (χ1) is 17.3. The summed E-state index contributed by atoms with van der Waals surface area (Å²) >= 11 is 0. The highest BCUT2D eigenvalue weighted by molar-refractivity contribution is 7.89. The van der Waals surface area contributed by atoms with Gasteiger partial charge in [0.15, 0.2) is 6.29 Å². The Bertz CT molecular complexity index is 1110. The fraction of sp³-hybridized carbons (Fsp3) is 0.480. The van der Waals surface area contributed by atoms with E-state index < -0.39 is 34.3 Å². The summed E-state index contributed by atoms with van der Waals surface area (Å²) < 4.78 is 49.2. The number of carbonyl (C=O) groups is 1. The Morgan fingerprint density at radius 1 is 1.17 bits per heavy atom. The van der Waals surface area contributed by atoms with Crippen LogP contribution in [0.25, 0.3) is 0 Å². The van der Waals surface area contributed by atoms with Crippen molar-refractivity contribution in [3.63, 3.8) is 0 Å². The minimum atomic E-state index is -3.80. The molecule has 196 valence electrons. The van der Waals surface area contributed by atoms with Gasteiger partial charge in [0.2, 0.25) is 10.0 Å². The maximum absolute atomic E-state index is 13.1. The first-order valence-electron chi connectivity index (χ1n) is 11.9. The summed E-state index contributed by atoms with van der Waals surface area (Å²) in [5, 5.41) is 2.86. The van der Waals surface area contributed by atoms with E-state index in [1.807, 2.05) is 30.3 Å². The fourth-order valence-electron chi connectivity index (χ4n) is 4.50. The molecule has 1 amide bonds. The van der Waals surface area contributed by atoms with Crippen LogP contribution in [0.1, 0.15) is 12.0 Å². The molecule has 2 aliphatic rings. The summed E-state index contributed by atoms with van der Waals surface area (Å²) in [5.41, 5.74) is 7.44. The number of alkyl carbamates (subject to hydrolysis) is 1. The molecule has 36 heavy (non-hydrogen) atoms. The molecule has 0 spiro atoms. The topological polar surface area (TPSA) is 129 Å². The van der Waals surface area contributed by atoms with Gasteiger partial charge >= 0.3 is 6.09 Å². The molecule has 2 aromatic rings. The maximum atomic E-state index is 13.1. The van der Waals surface area contributed by atoms with E-state index >= 15 is 0 Å². The Hall–Kier alpha value is -2.70. The van der Waals surface area contributed by atoms with Gasteiger partial charge in [0.1, 0.15) is 11.9 Å². The van der Waals surface area contributed by atoms with Gasteiger partial charge in [-0.3, -0.25) is 0 Å². The molecular weight excluding hydrogens is 486 g/mol. The molecule has 0 bridgehead atoms. The Morgan fingerprint density at radius 2 is 1.89 bits per heavy atom. The molecule has 11 heteroatoms. The number of nitrogens with two attached hydrogens (primary N) is 1. The van der Waals surface area contributed by atoms with Gasteiger partial charge in [-0.05, 0) is 42.7 Å². The van der Waals surface area contributed by atoms with E-state index in [4.69, 9.17) is 24.7 Å². The van der Waals surface area contributed by atoms with Crippen molar-refractivity contribution in [2.75, 3.05) is 33.9 Å². The van der Waals surface area contributed by atoms with Crippen molar-refractivity contribution in [2.24, 2.45) is 11.7 Å². The lowest BCUT2D eigenvalue weighted by Crippen LogP contribution is -2.54. The van der Waals surface area contributed by atoms with Gasteiger partial charge < -0.3 is 30.0 Å². The fourth-order valence-corrected chi connectivity index (χ4v) is 5.71. The highest BCUT2D eigenvalue weighted by Crippen LogP contribution is 2.33. The van der Waals surface area contributed by atoms with E-state index in [1.54, 1.807) is 12.1 Å². The van der Waals surface area contributed by atoms with Gasteiger partial charge in [-0.1, -0.05) is 30.3 Å². The summed E-state index contributed by atoms with van der Waals surface area (Å²) in [6.07, 6.45) is -0.174. The van der Waals surface area contributed by atoms with Crippen molar-refractivity contribution in [2.45, 2.75) is 42.2 Å². The zero-order chi connectivity index (χ0) is 25.7. The molecule has 2 aliphatic heterocycles. The number of methoxy groups -OCH3 is 1. The standard InChI is InChI=1S/C25H33N3O7S/c1-28(36(30,31)19-10-8-18(32-2)9-11-19)15-21(26)22(14-17-6-4-3-5-7-17)27-25(29)35-23-16-34-24-20(23)12-13-33-24/h3-11,20-24H,12-16,26H2,1-2H3,(H,27,29)/t20-,21+,22-,23?,24+/m0/s1. The number of hydrogen-bond donors (Lipinski definition) is 2. The number of sulfonamides is 1. The number of carbonyl (C=O) groups excluding carboxylic acids is 1. The highest BCUT2D eigenvalue weighted by Gasteiger charge is 2.44. The third-order valence-corrected chi connectivity index (χ3v) is 8.44. The van der Waals surface area contributed by atoms with E-state index in [0.29, 0.717) is 18.8 Å². The van der Waals surface area contributed by atoms with Crippen LogP contribution < -0.4 is 15.8 Å². The van der Waals surface area contributed by atoms with E-state index in [9.17, 15) is 13.2 Å². The monoisotopic (exact) mass is 519 g/mol. The first kappa shape index (κ1) is 26.4. The van der Waals surface area contributed by atoms with Crippen molar-refractivity contribution >= 4 is 16.1 Å². The lowest BCUT2D eigenvalue weighted by atomic mass is 10.00. The molecule has 0 aromatic heterocycles. The van der Waals surface area contributed by atoms with Crippen LogP contribution >= 0.6 is 0 Å². The number of nitrogens with one attached hydrogen (secondary N) is 1. The molecular formula is C25H33N3O7S. The van der Waals surface area contributed by atoms with Gasteiger partial charge in [0.25, 0.3) is 0 Å². The van der Waals surface area contributed by atoms with Crippen molar-refractivity contribution < 1.29 is 32.2 Å². The van der Waals surface area contributed by atoms with Crippen LogP contribution in [-0.2, 0) is 30.7 Å². The summed E-state index contributed by atoms with van der Waals surface area (Å²) in [5.74, 6) is 0.569. The number of rotatable bonds is 10. The number of amides is 1. The zero-order valence-corrected chi connectivity index (χ0v) is 21.2. The smallest absolute Gasteiger partial charge is 0.407 e. The second-order valence-corrected chi connectivity index (χ2v) is 11.1. The first-order valence-corrected chi connectivity index (χ1v) is 13.3. The second-order valence-electron chi connectivity index (χ2n) is 9.03. The molecule has 5 atom stereocenters. The Kier molecular flexibility index (Phi) is 8.47. The molecule has 4 rings (SSSR count). The van der Waals surface area contributed by atoms with E-state index in [1.165, 1.54) is 30.6 Å². The summed E-state index contributed by atoms with van der Waals surface area (Å²) in [6.45, 7) is 0.839. The summed E-state index contributed by atoms with van der Waals surface area (Å²) in [7, 11) is -0.820. The second kappa shape index (κ2) is 11.6. The third-order valence-electron chi connectivity index (χ3n) is 6.60. The van der Waals surface area contributed by atoms with Crippen LogP contribution in [0.4, 0.5) is 4.79 Å². The lowest BCUT2D eigenvalue weighted by molar-refractivity contribution is -0.0907. The number of nitrogens with zero attached hydrogens (tertiary/aromatic N) is 1. The molecule has 0 saturated carbocycles. The predicted molar refractivity (Wildman–Crippen MR) is 132 cm³/mol. The van der Waals surface area contributed by atoms with E-state index in [0.717, 1.165) is 12.0 Å². The number of fused-ring (bicyclic) bond motifs is 1. The Morgan fingerprint density at radius 3 is 2.58 bits per heavy atom. The molecule has 0 radical (unpaired) electrons. The van der Waals surface area contributed by atoms with E-state index in [2.05, 4.69) is 5.32 Å². The van der Waals surface area contributed by atoms with Crippen LogP contribution in [0, 0.1) is 5.92 Å². The van der Waals surface area contributed by atoms with Crippen molar-refractivity contribution in [3.05, 3.63) is 60.2 Å². The lowest BCUT2D eigenvalue weighted by Gasteiger charge is -2.29. The van der Waals surface area contributed by atoms with Gasteiger partial charge in [-0.25, -0.2) is 13.2 Å². The minimum absolute atomic E-state index is 0.0118. The molecule has 2 fully saturated rings. The number of benzene rings is 2. The molecule has 0 aliphatic carbocycles. The van der Waals surface area contributed by atoms with Gasteiger partial charge in [0, 0.05) is 19.6 Å². The normalized spacial score (nSPS) is 23.2. The third kappa shape index (κ3) is 6.16. The van der Waals surface area contributed by atoms with Crippen LogP contribution in [-0.4, -0.2) is 77.2 Å². The molecule has 2 saturated heterocycles. The van der Waals surface area contributed by atoms with Crippen LogP contribution in [0.2, 0.25) is 0 Å². The largest absolute Gasteiger partial charge is 0.497 e. The van der Waals surface area contributed by atoms with Gasteiger partial charge in [-0.15, -0.1) is 0 Å². The Labute approximate surface area is 211 Å². The average Bonchev–Trinajstić information content (AvgIpc) is 3.49.